The molecular formula is C28H33FN6O2. The zero-order chi connectivity index (χ0) is 26.7. The standard InChI is InChI=1S/C28H33FN6O2/c1-28(2,3)37-33-23(14-20-9-8-19(29)17-31-20)18-6-11-22(12-7-18)34(4)25-15-26(36)35(5)24-13-10-21(16-30)32-27(24)25/h8-10,13,15,17-18,22H,6-7,11-12,14H2,1-5H3/b33-23-. The minimum Gasteiger partial charge on any atom is -0.390 e. The van der Waals surface area contributed by atoms with E-state index in [1.54, 1.807) is 35.9 Å². The highest BCUT2D eigenvalue weighted by Crippen LogP contribution is 2.33. The summed E-state index contributed by atoms with van der Waals surface area (Å²) in [4.78, 5) is 29.3. The molecule has 0 aromatic carbocycles. The molecule has 1 aliphatic rings. The monoisotopic (exact) mass is 504 g/mol. The van der Waals surface area contributed by atoms with Gasteiger partial charge in [-0.2, -0.15) is 5.26 Å². The van der Waals surface area contributed by atoms with Gasteiger partial charge >= 0.3 is 0 Å². The van der Waals surface area contributed by atoms with Crippen LogP contribution in [0.3, 0.4) is 0 Å². The summed E-state index contributed by atoms with van der Waals surface area (Å²) in [6.45, 7) is 5.86. The highest BCUT2D eigenvalue weighted by atomic mass is 19.1. The van der Waals surface area contributed by atoms with Crippen molar-refractivity contribution in [1.29, 1.82) is 5.26 Å². The van der Waals surface area contributed by atoms with Crippen molar-refractivity contribution < 1.29 is 9.23 Å². The van der Waals surface area contributed by atoms with Gasteiger partial charge in [0.05, 0.1) is 23.1 Å². The van der Waals surface area contributed by atoms with Crippen LogP contribution >= 0.6 is 0 Å². The van der Waals surface area contributed by atoms with Crippen LogP contribution in [0.25, 0.3) is 11.0 Å². The van der Waals surface area contributed by atoms with E-state index in [1.165, 1.54) is 12.3 Å². The Kier molecular flexibility index (Phi) is 7.58. The summed E-state index contributed by atoms with van der Waals surface area (Å²) in [6.07, 6.45) is 5.29. The second-order valence-corrected chi connectivity index (χ2v) is 10.7. The van der Waals surface area contributed by atoms with Crippen molar-refractivity contribution in [3.8, 4) is 6.07 Å². The number of nitriles is 1. The largest absolute Gasteiger partial charge is 0.390 e. The fourth-order valence-electron chi connectivity index (χ4n) is 4.78. The molecule has 8 nitrogen and oxygen atoms in total. The topological polar surface area (TPSA) is 96.4 Å². The number of nitrogens with zero attached hydrogens (tertiary/aromatic N) is 6. The van der Waals surface area contributed by atoms with Crippen molar-refractivity contribution >= 4 is 22.4 Å². The molecule has 0 bridgehead atoms. The minimum absolute atomic E-state index is 0.116. The van der Waals surface area contributed by atoms with Gasteiger partial charge in [-0.05, 0) is 70.7 Å². The average Bonchev–Trinajstić information content (AvgIpc) is 2.88. The maximum atomic E-state index is 13.4. The highest BCUT2D eigenvalue weighted by Gasteiger charge is 2.29. The van der Waals surface area contributed by atoms with Crippen LogP contribution in [0.5, 0.6) is 0 Å². The molecule has 0 amide bonds. The number of halogens is 1. The normalized spacial score (nSPS) is 18.5. The van der Waals surface area contributed by atoms with Crippen LogP contribution in [0.4, 0.5) is 10.1 Å². The Morgan fingerprint density at radius 1 is 1.24 bits per heavy atom. The fraction of sp³-hybridized carbons (Fsp3) is 0.464. The predicted octanol–water partition coefficient (Wildman–Crippen LogP) is 4.75. The summed E-state index contributed by atoms with van der Waals surface area (Å²) in [6, 6.07) is 10.4. The number of aromatic nitrogens is 3. The molecule has 3 heterocycles. The molecule has 1 fully saturated rings. The lowest BCUT2D eigenvalue weighted by atomic mass is 9.81. The summed E-state index contributed by atoms with van der Waals surface area (Å²) in [7, 11) is 3.70. The third-order valence-electron chi connectivity index (χ3n) is 6.87. The molecule has 1 aliphatic carbocycles. The third-order valence-corrected chi connectivity index (χ3v) is 6.87. The molecule has 0 radical (unpaired) electrons. The van der Waals surface area contributed by atoms with Crippen LogP contribution in [-0.2, 0) is 18.3 Å². The highest BCUT2D eigenvalue weighted by molar-refractivity contribution is 5.89. The SMILES string of the molecule is CN(c1cc(=O)n(C)c2ccc(C#N)nc12)C1CCC(/C(Cc2ccc(F)cn2)=N\OC(C)(C)C)CC1. The molecule has 0 N–H and O–H groups in total. The lowest BCUT2D eigenvalue weighted by Gasteiger charge is -2.36. The summed E-state index contributed by atoms with van der Waals surface area (Å²) >= 11 is 0. The van der Waals surface area contributed by atoms with E-state index in [0.717, 1.165) is 42.8 Å². The molecular weight excluding hydrogens is 471 g/mol. The first kappa shape index (κ1) is 26.3. The molecule has 3 aromatic heterocycles. The maximum absolute atomic E-state index is 13.4. The molecule has 1 saturated carbocycles. The Labute approximate surface area is 216 Å². The number of aryl methyl sites for hydroxylation is 1. The van der Waals surface area contributed by atoms with Gasteiger partial charge in [-0.15, -0.1) is 0 Å². The van der Waals surface area contributed by atoms with Gasteiger partial charge in [0.2, 0.25) is 0 Å². The minimum atomic E-state index is -0.422. The molecule has 9 heteroatoms. The van der Waals surface area contributed by atoms with E-state index in [1.807, 2.05) is 27.8 Å². The van der Waals surface area contributed by atoms with Crippen LogP contribution in [0.2, 0.25) is 0 Å². The molecule has 0 spiro atoms. The first-order valence-corrected chi connectivity index (χ1v) is 12.5. The summed E-state index contributed by atoms with van der Waals surface area (Å²) in [5.74, 6) is -0.154. The van der Waals surface area contributed by atoms with Crippen molar-refractivity contribution in [2.75, 3.05) is 11.9 Å². The Hall–Kier alpha value is -3.80. The Bertz CT molecular complexity index is 1390. The van der Waals surface area contributed by atoms with Gasteiger partial charge in [0.15, 0.2) is 0 Å². The van der Waals surface area contributed by atoms with Crippen molar-refractivity contribution in [3.63, 3.8) is 0 Å². The van der Waals surface area contributed by atoms with E-state index >= 15 is 0 Å². The molecule has 0 aliphatic heterocycles. The van der Waals surface area contributed by atoms with Crippen LogP contribution in [0.1, 0.15) is 57.8 Å². The Morgan fingerprint density at radius 2 is 1.97 bits per heavy atom. The maximum Gasteiger partial charge on any atom is 0.252 e. The molecule has 4 rings (SSSR count). The molecule has 194 valence electrons. The molecule has 0 atom stereocenters. The number of hydrogen-bond acceptors (Lipinski definition) is 7. The van der Waals surface area contributed by atoms with E-state index in [4.69, 9.17) is 4.84 Å². The van der Waals surface area contributed by atoms with Crippen molar-refractivity contribution in [2.45, 2.75) is 64.5 Å². The van der Waals surface area contributed by atoms with E-state index in [0.29, 0.717) is 23.1 Å². The zero-order valence-electron chi connectivity index (χ0n) is 22.0. The number of hydrogen-bond donors (Lipinski definition) is 0. The summed E-state index contributed by atoms with van der Waals surface area (Å²) in [5, 5.41) is 13.9. The molecule has 0 unspecified atom stereocenters. The number of fused-ring (bicyclic) bond motifs is 1. The Morgan fingerprint density at radius 3 is 2.59 bits per heavy atom. The van der Waals surface area contributed by atoms with E-state index in [2.05, 4.69) is 26.1 Å². The quantitative estimate of drug-likeness (QED) is 0.355. The van der Waals surface area contributed by atoms with E-state index < -0.39 is 5.60 Å². The van der Waals surface area contributed by atoms with Crippen LogP contribution in [0, 0.1) is 23.1 Å². The van der Waals surface area contributed by atoms with Crippen molar-refractivity contribution in [2.24, 2.45) is 18.1 Å². The first-order valence-electron chi connectivity index (χ1n) is 12.5. The summed E-state index contributed by atoms with van der Waals surface area (Å²) < 4.78 is 14.9. The van der Waals surface area contributed by atoms with Gasteiger partial charge in [-0.1, -0.05) is 5.16 Å². The second kappa shape index (κ2) is 10.7. The van der Waals surface area contributed by atoms with Crippen LogP contribution < -0.4 is 10.5 Å². The summed E-state index contributed by atoms with van der Waals surface area (Å²) in [5.41, 5.74) is 3.52. The number of anilines is 1. The third kappa shape index (κ3) is 6.13. The smallest absolute Gasteiger partial charge is 0.252 e. The van der Waals surface area contributed by atoms with E-state index in [-0.39, 0.29) is 23.3 Å². The fourth-order valence-corrected chi connectivity index (χ4v) is 4.78. The predicted molar refractivity (Wildman–Crippen MR) is 142 cm³/mol. The molecule has 0 saturated heterocycles. The molecule has 3 aromatic rings. The van der Waals surface area contributed by atoms with E-state index in [9.17, 15) is 14.4 Å². The average molecular weight is 505 g/mol. The van der Waals surface area contributed by atoms with Gasteiger partial charge in [0.1, 0.15) is 28.7 Å². The first-order chi connectivity index (χ1) is 17.6. The van der Waals surface area contributed by atoms with Gasteiger partial charge in [0.25, 0.3) is 5.56 Å². The second-order valence-electron chi connectivity index (χ2n) is 10.7. The number of rotatable bonds is 6. The van der Waals surface area contributed by atoms with Gasteiger partial charge in [0, 0.05) is 44.2 Å². The number of pyridine rings is 3. The lowest BCUT2D eigenvalue weighted by molar-refractivity contribution is -0.000520. The molecule has 37 heavy (non-hydrogen) atoms. The van der Waals surface area contributed by atoms with Crippen molar-refractivity contribution in [1.82, 2.24) is 14.5 Å². The van der Waals surface area contributed by atoms with Gasteiger partial charge in [-0.3, -0.25) is 9.78 Å². The van der Waals surface area contributed by atoms with Crippen molar-refractivity contribution in [3.05, 3.63) is 64.1 Å². The van der Waals surface area contributed by atoms with Crippen LogP contribution in [-0.4, -0.2) is 38.9 Å². The van der Waals surface area contributed by atoms with Crippen LogP contribution in [0.15, 0.2) is 46.5 Å². The Balaban J connectivity index is 1.55. The van der Waals surface area contributed by atoms with Gasteiger partial charge < -0.3 is 14.3 Å². The zero-order valence-corrected chi connectivity index (χ0v) is 22.0. The van der Waals surface area contributed by atoms with Gasteiger partial charge in [-0.25, -0.2) is 9.37 Å². The number of oxime groups is 1. The lowest BCUT2D eigenvalue weighted by Crippen LogP contribution is -2.38.